The van der Waals surface area contributed by atoms with Gasteiger partial charge in [-0.2, -0.15) is 0 Å². The zero-order chi connectivity index (χ0) is 14.7. The molecule has 2 aromatic rings. The van der Waals surface area contributed by atoms with Gasteiger partial charge in [0.25, 0.3) is 0 Å². The summed E-state index contributed by atoms with van der Waals surface area (Å²) in [5, 5.41) is 0. The molecular formula is C20H22O. The van der Waals surface area contributed by atoms with Gasteiger partial charge >= 0.3 is 0 Å². The summed E-state index contributed by atoms with van der Waals surface area (Å²) in [4.78, 5) is 12.4. The predicted molar refractivity (Wildman–Crippen MR) is 86.5 cm³/mol. The highest BCUT2D eigenvalue weighted by molar-refractivity contribution is 5.82. The first kappa shape index (κ1) is 14.1. The maximum absolute atomic E-state index is 12.4. The first-order valence-corrected chi connectivity index (χ1v) is 7.86. The van der Waals surface area contributed by atoms with Crippen LogP contribution in [0.5, 0.6) is 0 Å². The number of carbonyl (C=O) groups is 1. The Morgan fingerprint density at radius 1 is 1.00 bits per heavy atom. The first-order valence-electron chi connectivity index (χ1n) is 7.86. The fourth-order valence-corrected chi connectivity index (χ4v) is 3.79. The molecule has 21 heavy (non-hydrogen) atoms. The Balaban J connectivity index is 1.97. The Bertz CT molecular complexity index is 602. The number of hydrogen-bond donors (Lipinski definition) is 0. The fraction of sp³-hybridized carbons (Fsp3) is 0.350. The second-order valence-corrected chi connectivity index (χ2v) is 6.23. The highest BCUT2D eigenvalue weighted by Gasteiger charge is 2.40. The molecule has 0 heterocycles. The van der Waals surface area contributed by atoms with E-state index >= 15 is 0 Å². The van der Waals surface area contributed by atoms with Gasteiger partial charge in [0, 0.05) is 18.3 Å². The summed E-state index contributed by atoms with van der Waals surface area (Å²) in [7, 11) is 0. The highest BCUT2D eigenvalue weighted by Crippen LogP contribution is 2.46. The molecule has 0 amide bonds. The number of benzene rings is 2. The Morgan fingerprint density at radius 2 is 1.62 bits per heavy atom. The Morgan fingerprint density at radius 3 is 2.24 bits per heavy atom. The predicted octanol–water partition coefficient (Wildman–Crippen LogP) is 4.87. The lowest BCUT2D eigenvalue weighted by atomic mass is 9.63. The van der Waals surface area contributed by atoms with Crippen LogP contribution in [0.15, 0.2) is 60.7 Å². The zero-order valence-corrected chi connectivity index (χ0v) is 12.6. The molecule has 0 N–H and O–H groups in total. The van der Waals surface area contributed by atoms with E-state index in [1.807, 2.05) is 12.1 Å². The zero-order valence-electron chi connectivity index (χ0n) is 12.6. The summed E-state index contributed by atoms with van der Waals surface area (Å²) in [6, 6.07) is 21.1. The van der Waals surface area contributed by atoms with E-state index in [-0.39, 0.29) is 5.41 Å². The van der Waals surface area contributed by atoms with Crippen LogP contribution in [-0.4, -0.2) is 5.78 Å². The van der Waals surface area contributed by atoms with Crippen molar-refractivity contribution in [2.24, 2.45) is 0 Å². The molecule has 0 saturated heterocycles. The maximum atomic E-state index is 12.4. The normalized spacial score (nSPS) is 25.8. The van der Waals surface area contributed by atoms with E-state index in [4.69, 9.17) is 0 Å². The lowest BCUT2D eigenvalue weighted by Crippen LogP contribution is -2.36. The molecule has 1 saturated carbocycles. The molecule has 1 heteroatoms. The number of hydrogen-bond acceptors (Lipinski definition) is 1. The molecule has 3 rings (SSSR count). The van der Waals surface area contributed by atoms with Crippen LogP contribution in [-0.2, 0) is 10.2 Å². The molecule has 0 radical (unpaired) electrons. The largest absolute Gasteiger partial charge is 0.300 e. The van der Waals surface area contributed by atoms with Crippen LogP contribution in [0.3, 0.4) is 0 Å². The molecule has 2 atom stereocenters. The molecular weight excluding hydrogens is 256 g/mol. The van der Waals surface area contributed by atoms with Crippen LogP contribution in [0.25, 0.3) is 0 Å². The summed E-state index contributed by atoms with van der Waals surface area (Å²) in [5.41, 5.74) is 2.64. The van der Waals surface area contributed by atoms with Gasteiger partial charge in [-0.1, -0.05) is 67.6 Å². The molecule has 2 aromatic carbocycles. The van der Waals surface area contributed by atoms with Crippen LogP contribution in [0, 0.1) is 0 Å². The van der Waals surface area contributed by atoms with Crippen molar-refractivity contribution in [2.45, 2.75) is 43.9 Å². The lowest BCUT2D eigenvalue weighted by molar-refractivity contribution is -0.122. The molecule has 1 aliphatic rings. The standard InChI is InChI=1S/C20H22O/c1-2-20(18-11-7-4-8-12-18)14-17(13-19(21)15-20)16-9-5-3-6-10-16/h3-12,17H,2,13-15H2,1H3. The molecule has 0 spiro atoms. The van der Waals surface area contributed by atoms with Crippen molar-refractivity contribution in [3.8, 4) is 0 Å². The summed E-state index contributed by atoms with van der Waals surface area (Å²) in [5.74, 6) is 0.758. The monoisotopic (exact) mass is 278 g/mol. The van der Waals surface area contributed by atoms with Gasteiger partial charge in [-0.25, -0.2) is 0 Å². The minimum absolute atomic E-state index is 0.0110. The summed E-state index contributed by atoms with van der Waals surface area (Å²) >= 11 is 0. The van der Waals surface area contributed by atoms with Crippen LogP contribution in [0.1, 0.15) is 49.7 Å². The second-order valence-electron chi connectivity index (χ2n) is 6.23. The third kappa shape index (κ3) is 2.78. The fourth-order valence-electron chi connectivity index (χ4n) is 3.79. The Kier molecular flexibility index (Phi) is 3.92. The number of rotatable bonds is 3. The molecule has 1 nitrogen and oxygen atoms in total. The summed E-state index contributed by atoms with van der Waals surface area (Å²) < 4.78 is 0. The van der Waals surface area contributed by atoms with Gasteiger partial charge in [-0.05, 0) is 29.9 Å². The van der Waals surface area contributed by atoms with E-state index in [9.17, 15) is 4.79 Å². The first-order chi connectivity index (χ1) is 10.2. The van der Waals surface area contributed by atoms with Gasteiger partial charge in [-0.15, -0.1) is 0 Å². The van der Waals surface area contributed by atoms with Crippen molar-refractivity contribution in [3.63, 3.8) is 0 Å². The third-order valence-corrected chi connectivity index (χ3v) is 4.98. The van der Waals surface area contributed by atoms with Crippen molar-refractivity contribution in [3.05, 3.63) is 71.8 Å². The van der Waals surface area contributed by atoms with E-state index < -0.39 is 0 Å². The summed E-state index contributed by atoms with van der Waals surface area (Å²) in [6.07, 6.45) is 3.48. The molecule has 2 unspecified atom stereocenters. The van der Waals surface area contributed by atoms with Crippen LogP contribution < -0.4 is 0 Å². The van der Waals surface area contributed by atoms with Gasteiger partial charge < -0.3 is 0 Å². The Labute approximate surface area is 127 Å². The van der Waals surface area contributed by atoms with E-state index in [1.165, 1.54) is 11.1 Å². The van der Waals surface area contributed by atoms with Crippen molar-refractivity contribution < 1.29 is 4.79 Å². The summed E-state index contributed by atoms with van der Waals surface area (Å²) in [6.45, 7) is 2.22. The Hall–Kier alpha value is -1.89. The number of carbonyl (C=O) groups excluding carboxylic acids is 1. The molecule has 0 aliphatic heterocycles. The van der Waals surface area contributed by atoms with Crippen LogP contribution in [0.4, 0.5) is 0 Å². The minimum atomic E-state index is 0.0110. The average molecular weight is 278 g/mol. The SMILES string of the molecule is CCC1(c2ccccc2)CC(=O)CC(c2ccccc2)C1. The number of ketones is 1. The second kappa shape index (κ2) is 5.85. The molecule has 0 aromatic heterocycles. The van der Waals surface area contributed by atoms with E-state index in [1.54, 1.807) is 0 Å². The van der Waals surface area contributed by atoms with Gasteiger partial charge in [0.2, 0.25) is 0 Å². The van der Waals surface area contributed by atoms with E-state index in [0.29, 0.717) is 24.5 Å². The average Bonchev–Trinajstić information content (AvgIpc) is 2.56. The number of Topliss-reactive ketones (excluding diaryl/α,β-unsaturated/α-hetero) is 1. The van der Waals surface area contributed by atoms with Gasteiger partial charge in [0.1, 0.15) is 5.78 Å². The molecule has 1 aliphatic carbocycles. The minimum Gasteiger partial charge on any atom is -0.300 e. The van der Waals surface area contributed by atoms with Crippen LogP contribution >= 0.6 is 0 Å². The van der Waals surface area contributed by atoms with Gasteiger partial charge in [-0.3, -0.25) is 4.79 Å². The van der Waals surface area contributed by atoms with Crippen molar-refractivity contribution in [2.75, 3.05) is 0 Å². The van der Waals surface area contributed by atoms with Crippen LogP contribution in [0.2, 0.25) is 0 Å². The van der Waals surface area contributed by atoms with E-state index in [2.05, 4.69) is 55.5 Å². The van der Waals surface area contributed by atoms with Crippen molar-refractivity contribution >= 4 is 5.78 Å². The molecule has 1 fully saturated rings. The third-order valence-electron chi connectivity index (χ3n) is 4.98. The van der Waals surface area contributed by atoms with E-state index in [0.717, 1.165) is 12.8 Å². The van der Waals surface area contributed by atoms with Gasteiger partial charge in [0.05, 0.1) is 0 Å². The topological polar surface area (TPSA) is 17.1 Å². The lowest BCUT2D eigenvalue weighted by Gasteiger charge is -2.40. The van der Waals surface area contributed by atoms with Gasteiger partial charge in [0.15, 0.2) is 0 Å². The molecule has 108 valence electrons. The smallest absolute Gasteiger partial charge is 0.134 e. The molecule has 0 bridgehead atoms. The van der Waals surface area contributed by atoms with Crippen molar-refractivity contribution in [1.82, 2.24) is 0 Å². The maximum Gasteiger partial charge on any atom is 0.134 e. The quantitative estimate of drug-likeness (QED) is 0.782. The highest BCUT2D eigenvalue weighted by atomic mass is 16.1. The van der Waals surface area contributed by atoms with Crippen molar-refractivity contribution in [1.29, 1.82) is 0 Å².